The van der Waals surface area contributed by atoms with E-state index >= 15 is 4.79 Å². The van der Waals surface area contributed by atoms with Crippen LogP contribution in [0.1, 0.15) is 108 Å². The zero-order valence-corrected chi connectivity index (χ0v) is 38.5. The third-order valence-corrected chi connectivity index (χ3v) is 17.2. The number of aromatic nitrogens is 1. The van der Waals surface area contributed by atoms with E-state index in [9.17, 15) is 22.8 Å². The van der Waals surface area contributed by atoms with Crippen LogP contribution in [0.25, 0.3) is 10.9 Å². The van der Waals surface area contributed by atoms with Crippen LogP contribution in [0.15, 0.2) is 49.1 Å². The minimum atomic E-state index is -3.87. The number of benzene rings is 1. The number of rotatable bonds is 13. The minimum Gasteiger partial charge on any atom is -0.492 e. The second-order valence-corrected chi connectivity index (χ2v) is 21.7. The number of esters is 1. The van der Waals surface area contributed by atoms with Gasteiger partial charge in [0, 0.05) is 37.9 Å². The molecule has 14 nitrogen and oxygen atoms in total. The first-order valence-electron chi connectivity index (χ1n) is 24.4. The van der Waals surface area contributed by atoms with Crippen molar-refractivity contribution in [2.75, 3.05) is 46.0 Å². The molecule has 1 aromatic carbocycles. The van der Waals surface area contributed by atoms with E-state index in [1.54, 1.807) is 11.0 Å². The van der Waals surface area contributed by atoms with Crippen LogP contribution in [0.3, 0.4) is 0 Å². The van der Waals surface area contributed by atoms with Gasteiger partial charge in [0.1, 0.15) is 18.0 Å². The summed E-state index contributed by atoms with van der Waals surface area (Å²) in [5.74, 6) is -1.53. The van der Waals surface area contributed by atoms with Gasteiger partial charge in [0.05, 0.1) is 66.5 Å². The fraction of sp³-hybridized carbons (Fsp3) is 0.660. The number of carbonyl (C=O) groups is 4. The molecule has 4 heterocycles. The molecule has 7 aliphatic rings. The number of pyridine rings is 1. The van der Waals surface area contributed by atoms with Crippen LogP contribution >= 0.6 is 0 Å². The Morgan fingerprint density at radius 3 is 2.52 bits per heavy atom. The van der Waals surface area contributed by atoms with Crippen molar-refractivity contribution in [2.45, 2.75) is 133 Å². The van der Waals surface area contributed by atoms with E-state index in [0.717, 1.165) is 108 Å². The van der Waals surface area contributed by atoms with Gasteiger partial charge in [0.15, 0.2) is 5.78 Å². The number of ether oxygens (including phenoxy) is 4. The summed E-state index contributed by atoms with van der Waals surface area (Å²) in [5, 5.41) is 0.264. The average molecular weight is 915 g/mol. The number of amides is 2. The lowest BCUT2D eigenvalue weighted by molar-refractivity contribution is -0.156. The number of fused-ring (bicyclic) bond motifs is 5. The number of Topliss-reactive ketones (excluding diaryl/α,β-unsaturated/α-hetero) is 1. The van der Waals surface area contributed by atoms with Crippen molar-refractivity contribution in [3.8, 4) is 11.6 Å². The maximum absolute atomic E-state index is 15.2. The Morgan fingerprint density at radius 1 is 0.969 bits per heavy atom. The third-order valence-electron chi connectivity index (χ3n) is 15.4. The van der Waals surface area contributed by atoms with Gasteiger partial charge in [-0.3, -0.25) is 28.8 Å². The summed E-state index contributed by atoms with van der Waals surface area (Å²) >= 11 is 0. The van der Waals surface area contributed by atoms with Gasteiger partial charge in [-0.15, -0.1) is 6.58 Å². The molecule has 1 unspecified atom stereocenters. The second-order valence-electron chi connectivity index (χ2n) is 19.7. The number of allylic oxidation sites excluding steroid dienone is 3. The first-order valence-corrected chi connectivity index (χ1v) is 25.9. The summed E-state index contributed by atoms with van der Waals surface area (Å²) in [5.41, 5.74) is 0.195. The monoisotopic (exact) mass is 914 g/mol. The van der Waals surface area contributed by atoms with Gasteiger partial charge in [0.2, 0.25) is 27.7 Å². The van der Waals surface area contributed by atoms with Crippen molar-refractivity contribution in [1.29, 1.82) is 0 Å². The van der Waals surface area contributed by atoms with Crippen LogP contribution in [0.5, 0.6) is 11.6 Å². The van der Waals surface area contributed by atoms with Gasteiger partial charge < -0.3 is 23.8 Å². The molecule has 1 aromatic heterocycles. The standard InChI is InChI=1S/C50H66N4O10S/c1-2-35-30-50(35,49(58)52-65(59,60)37-20-21-37)31-43(55)42-28-36-32-54(42)48(57)40(33-12-6-7-13-33)29-45(56)64-44-19-10-15-34(44)14-4-3-5-17-39-46(62-25-11-22-53-23-26-61-27-24-53)38-16-8-9-18-41(38)51-47(39)63-36/h2-3,5,8-9,16,18,33-37,40,42,44H,1,4,6-7,10-15,17,19-32H2,(H,52,58)/b5-3+/t34-,35?,36-,40+,42+,44-,50-/m1/s1. The van der Waals surface area contributed by atoms with Gasteiger partial charge >= 0.3 is 5.97 Å². The lowest BCUT2D eigenvalue weighted by Crippen LogP contribution is -2.47. The number of nitrogens with zero attached hydrogens (tertiary/aromatic N) is 3. The summed E-state index contributed by atoms with van der Waals surface area (Å²) in [6, 6.07) is 6.86. The number of carbonyl (C=O) groups excluding carboxylic acids is 4. The Bertz CT molecular complexity index is 2250. The molecule has 3 aliphatic heterocycles. The van der Waals surface area contributed by atoms with E-state index in [2.05, 4.69) is 28.4 Å². The van der Waals surface area contributed by atoms with E-state index < -0.39 is 50.6 Å². The molecule has 65 heavy (non-hydrogen) atoms. The Kier molecular flexibility index (Phi) is 14.0. The summed E-state index contributed by atoms with van der Waals surface area (Å²) < 4.78 is 53.6. The zero-order valence-electron chi connectivity index (χ0n) is 37.7. The van der Waals surface area contributed by atoms with E-state index in [4.69, 9.17) is 23.9 Å². The minimum absolute atomic E-state index is 0.0454. The van der Waals surface area contributed by atoms with E-state index in [1.165, 1.54) is 0 Å². The van der Waals surface area contributed by atoms with Gasteiger partial charge in [-0.05, 0) is 107 Å². The molecule has 1 N–H and O–H groups in total. The highest BCUT2D eigenvalue weighted by atomic mass is 32.2. The van der Waals surface area contributed by atoms with Crippen LogP contribution in [-0.4, -0.2) is 116 Å². The first kappa shape index (κ1) is 45.8. The second kappa shape index (κ2) is 19.9. The predicted molar refractivity (Wildman–Crippen MR) is 243 cm³/mol. The van der Waals surface area contributed by atoms with Crippen LogP contribution in [0.4, 0.5) is 0 Å². The van der Waals surface area contributed by atoms with E-state index in [-0.39, 0.29) is 67.8 Å². The normalized spacial score (nSPS) is 30.9. The van der Waals surface area contributed by atoms with E-state index in [0.29, 0.717) is 43.0 Å². The highest BCUT2D eigenvalue weighted by molar-refractivity contribution is 7.90. The maximum atomic E-state index is 15.2. The van der Waals surface area contributed by atoms with Gasteiger partial charge in [-0.1, -0.05) is 43.2 Å². The first-order chi connectivity index (χ1) is 31.5. The number of para-hydroxylation sites is 1. The molecule has 352 valence electrons. The summed E-state index contributed by atoms with van der Waals surface area (Å²) in [6.45, 7) is 8.59. The largest absolute Gasteiger partial charge is 0.492 e. The van der Waals surface area contributed by atoms with Crippen molar-refractivity contribution in [3.63, 3.8) is 0 Å². The maximum Gasteiger partial charge on any atom is 0.306 e. The van der Waals surface area contributed by atoms with Gasteiger partial charge in [-0.2, -0.15) is 0 Å². The van der Waals surface area contributed by atoms with Crippen LogP contribution < -0.4 is 14.2 Å². The van der Waals surface area contributed by atoms with E-state index in [1.807, 2.05) is 24.3 Å². The average Bonchev–Trinajstić information content (AvgIpc) is 4.09. The van der Waals surface area contributed by atoms with Crippen molar-refractivity contribution >= 4 is 44.5 Å². The molecular formula is C50H66N4O10S. The molecule has 0 radical (unpaired) electrons. The topological polar surface area (TPSA) is 171 Å². The Hall–Kier alpha value is -4.34. The number of hydrogen-bond acceptors (Lipinski definition) is 12. The molecule has 7 atom stereocenters. The third kappa shape index (κ3) is 10.3. The Balaban J connectivity index is 1.05. The molecule has 2 bridgehead atoms. The number of nitrogens with one attached hydrogen (secondary N) is 1. The summed E-state index contributed by atoms with van der Waals surface area (Å²) in [7, 11) is -3.87. The zero-order chi connectivity index (χ0) is 45.1. The van der Waals surface area contributed by atoms with Crippen LogP contribution in [0.2, 0.25) is 0 Å². The van der Waals surface area contributed by atoms with Crippen molar-refractivity contribution < 1.29 is 46.5 Å². The molecule has 6 fully saturated rings. The summed E-state index contributed by atoms with van der Waals surface area (Å²) in [6.07, 6.45) is 15.3. The van der Waals surface area contributed by atoms with Crippen LogP contribution in [0, 0.1) is 29.1 Å². The van der Waals surface area contributed by atoms with Gasteiger partial charge in [-0.25, -0.2) is 13.4 Å². The molecule has 2 aromatic rings. The Morgan fingerprint density at radius 2 is 1.75 bits per heavy atom. The molecule has 9 rings (SSSR count). The molecule has 4 aliphatic carbocycles. The highest BCUT2D eigenvalue weighted by Crippen LogP contribution is 2.57. The Labute approximate surface area is 383 Å². The SMILES string of the molecule is C=CC1C[C@]1(CC(=O)[C@@H]1C[C@@H]2CN1C(=O)[C@H](C1CCCC1)CC(=O)O[C@@H]1CCC[C@H]1CC/C=C/Cc1c(nc3ccccc3c1OCCCN1CCOCC1)O2)C(=O)NS(=O)(=O)C1CC1. The molecule has 2 saturated heterocycles. The predicted octanol–water partition coefficient (Wildman–Crippen LogP) is 6.25. The van der Waals surface area contributed by atoms with Crippen LogP contribution in [-0.2, 0) is 45.1 Å². The highest BCUT2D eigenvalue weighted by Gasteiger charge is 2.61. The van der Waals surface area contributed by atoms with Crippen molar-refractivity contribution in [2.24, 2.45) is 29.1 Å². The molecule has 15 heteroatoms. The molecule has 2 amide bonds. The fourth-order valence-electron chi connectivity index (χ4n) is 11.4. The van der Waals surface area contributed by atoms with Crippen molar-refractivity contribution in [3.05, 3.63) is 54.6 Å². The lowest BCUT2D eigenvalue weighted by Gasteiger charge is -2.31. The summed E-state index contributed by atoms with van der Waals surface area (Å²) in [4.78, 5) is 66.8. The number of ketones is 1. The quantitative estimate of drug-likeness (QED) is 0.137. The molecular weight excluding hydrogens is 849 g/mol. The number of sulfonamides is 1. The molecule has 4 saturated carbocycles. The van der Waals surface area contributed by atoms with Gasteiger partial charge in [0.25, 0.3) is 0 Å². The fourth-order valence-corrected chi connectivity index (χ4v) is 12.8. The number of morpholine rings is 1. The molecule has 0 spiro atoms. The smallest absolute Gasteiger partial charge is 0.306 e. The number of hydrogen-bond donors (Lipinski definition) is 1. The van der Waals surface area contributed by atoms with Crippen molar-refractivity contribution in [1.82, 2.24) is 19.5 Å². The lowest BCUT2D eigenvalue weighted by atomic mass is 9.86.